The number of carbonyl (C=O) groups is 2. The molecule has 2 aromatic rings. The number of ether oxygens (including phenoxy) is 1. The summed E-state index contributed by atoms with van der Waals surface area (Å²) in [6.07, 6.45) is -0.494. The molecule has 0 fully saturated rings. The molecular weight excluding hydrogens is 262 g/mol. The minimum absolute atomic E-state index is 0.152. The van der Waals surface area contributed by atoms with Crippen LogP contribution in [0.4, 0.5) is 0 Å². The van der Waals surface area contributed by atoms with Gasteiger partial charge in [-0.15, -0.1) is 0 Å². The van der Waals surface area contributed by atoms with Crippen molar-refractivity contribution >= 4 is 11.9 Å². The lowest BCUT2D eigenvalue weighted by molar-refractivity contribution is 0.0655. The molecule has 6 heteroatoms. The number of nitrogens with two attached hydrogens (primary N) is 1. The second kappa shape index (κ2) is 5.48. The number of hydrogen-bond donors (Lipinski definition) is 2. The molecule has 0 aliphatic heterocycles. The van der Waals surface area contributed by atoms with Crippen LogP contribution in [-0.2, 0) is 0 Å². The zero-order chi connectivity index (χ0) is 14.7. The van der Waals surface area contributed by atoms with Crippen LogP contribution in [0.5, 0.6) is 5.75 Å². The van der Waals surface area contributed by atoms with Crippen molar-refractivity contribution in [2.24, 2.45) is 5.73 Å². The van der Waals surface area contributed by atoms with Gasteiger partial charge in [0.2, 0.25) is 11.7 Å². The van der Waals surface area contributed by atoms with Gasteiger partial charge in [-0.2, -0.15) is 0 Å². The van der Waals surface area contributed by atoms with E-state index in [2.05, 4.69) is 0 Å². The third kappa shape index (κ3) is 2.97. The smallest absolute Gasteiger partial charge is 0.371 e. The summed E-state index contributed by atoms with van der Waals surface area (Å²) in [5.41, 5.74) is 5.52. The minimum atomic E-state index is -1.14. The molecule has 0 aliphatic rings. The number of amides is 1. The highest BCUT2D eigenvalue weighted by Crippen LogP contribution is 2.24. The van der Waals surface area contributed by atoms with Gasteiger partial charge in [0.25, 0.3) is 0 Å². The van der Waals surface area contributed by atoms with Crippen molar-refractivity contribution in [2.45, 2.75) is 13.0 Å². The zero-order valence-corrected chi connectivity index (χ0v) is 10.7. The second-order valence-electron chi connectivity index (χ2n) is 4.16. The molecule has 2 rings (SSSR count). The van der Waals surface area contributed by atoms with Crippen molar-refractivity contribution in [3.8, 4) is 5.75 Å². The van der Waals surface area contributed by atoms with E-state index >= 15 is 0 Å². The quantitative estimate of drug-likeness (QED) is 0.870. The van der Waals surface area contributed by atoms with Gasteiger partial charge in [0.15, 0.2) is 6.10 Å². The highest BCUT2D eigenvalue weighted by atomic mass is 16.5. The van der Waals surface area contributed by atoms with Crippen molar-refractivity contribution < 1.29 is 23.8 Å². The Labute approximate surface area is 114 Å². The van der Waals surface area contributed by atoms with Crippen LogP contribution >= 0.6 is 0 Å². The molecule has 0 saturated carbocycles. The van der Waals surface area contributed by atoms with Crippen molar-refractivity contribution in [3.05, 3.63) is 53.5 Å². The van der Waals surface area contributed by atoms with Gasteiger partial charge in [-0.1, -0.05) is 6.07 Å². The summed E-state index contributed by atoms with van der Waals surface area (Å²) < 4.78 is 10.7. The van der Waals surface area contributed by atoms with Gasteiger partial charge in [0, 0.05) is 5.56 Å². The SMILES string of the molecule is CC(Oc1cccc(C(N)=O)c1)c1ccc(C(=O)O)o1. The molecule has 0 radical (unpaired) electrons. The lowest BCUT2D eigenvalue weighted by Crippen LogP contribution is -2.11. The predicted molar refractivity (Wildman–Crippen MR) is 69.7 cm³/mol. The van der Waals surface area contributed by atoms with E-state index in [1.807, 2.05) is 0 Å². The van der Waals surface area contributed by atoms with Crippen molar-refractivity contribution in [1.82, 2.24) is 0 Å². The average molecular weight is 275 g/mol. The number of rotatable bonds is 5. The Bertz CT molecular complexity index is 647. The number of carboxylic acid groups (broad SMARTS) is 1. The number of carboxylic acids is 1. The summed E-state index contributed by atoms with van der Waals surface area (Å²) in [4.78, 5) is 21.8. The molecular formula is C14H13NO5. The molecule has 1 unspecified atom stereocenters. The number of benzene rings is 1. The highest BCUT2D eigenvalue weighted by Gasteiger charge is 2.15. The molecule has 1 aromatic carbocycles. The zero-order valence-electron chi connectivity index (χ0n) is 10.7. The Morgan fingerprint density at radius 1 is 1.30 bits per heavy atom. The molecule has 0 aliphatic carbocycles. The van der Waals surface area contributed by atoms with Gasteiger partial charge < -0.3 is 20.0 Å². The Morgan fingerprint density at radius 2 is 2.05 bits per heavy atom. The standard InChI is InChI=1S/C14H13NO5/c1-8(11-5-6-12(20-11)14(17)18)19-10-4-2-3-9(7-10)13(15)16/h2-8H,1H3,(H2,15,16)(H,17,18). The second-order valence-corrected chi connectivity index (χ2v) is 4.16. The highest BCUT2D eigenvalue weighted by molar-refractivity contribution is 5.93. The van der Waals surface area contributed by atoms with Crippen molar-refractivity contribution in [1.29, 1.82) is 0 Å². The fourth-order valence-electron chi connectivity index (χ4n) is 1.67. The fraction of sp³-hybridized carbons (Fsp3) is 0.143. The van der Waals surface area contributed by atoms with Gasteiger partial charge in [-0.3, -0.25) is 4.79 Å². The lowest BCUT2D eigenvalue weighted by atomic mass is 10.2. The van der Waals surface area contributed by atoms with Gasteiger partial charge in [0.1, 0.15) is 11.5 Å². The molecule has 0 spiro atoms. The minimum Gasteiger partial charge on any atom is -0.483 e. The number of furan rings is 1. The van der Waals surface area contributed by atoms with E-state index in [4.69, 9.17) is 20.0 Å². The number of carbonyl (C=O) groups excluding carboxylic acids is 1. The summed E-state index contributed by atoms with van der Waals surface area (Å²) in [7, 11) is 0. The summed E-state index contributed by atoms with van der Waals surface area (Å²) >= 11 is 0. The van der Waals surface area contributed by atoms with Crippen LogP contribution in [0, 0.1) is 0 Å². The first-order chi connectivity index (χ1) is 9.47. The molecule has 0 saturated heterocycles. The van der Waals surface area contributed by atoms with Crippen LogP contribution in [0.3, 0.4) is 0 Å². The maximum absolute atomic E-state index is 11.1. The van der Waals surface area contributed by atoms with E-state index in [1.165, 1.54) is 18.2 Å². The van der Waals surface area contributed by atoms with E-state index in [0.29, 0.717) is 17.1 Å². The summed E-state index contributed by atoms with van der Waals surface area (Å²) in [5.74, 6) is -1.01. The molecule has 3 N–H and O–H groups in total. The maximum atomic E-state index is 11.1. The first-order valence-electron chi connectivity index (χ1n) is 5.87. The van der Waals surface area contributed by atoms with Crippen LogP contribution in [0.1, 0.15) is 39.7 Å². The predicted octanol–water partition coefficient (Wildman–Crippen LogP) is 2.22. The Kier molecular flexibility index (Phi) is 3.74. The Hall–Kier alpha value is -2.76. The molecule has 1 heterocycles. The van der Waals surface area contributed by atoms with Crippen molar-refractivity contribution in [2.75, 3.05) is 0 Å². The van der Waals surface area contributed by atoms with E-state index in [9.17, 15) is 9.59 Å². The topological polar surface area (TPSA) is 103 Å². The lowest BCUT2D eigenvalue weighted by Gasteiger charge is -2.12. The van der Waals surface area contributed by atoms with Crippen LogP contribution in [-0.4, -0.2) is 17.0 Å². The van der Waals surface area contributed by atoms with E-state index < -0.39 is 18.0 Å². The summed E-state index contributed by atoms with van der Waals surface area (Å²) in [6.45, 7) is 1.71. The van der Waals surface area contributed by atoms with Gasteiger partial charge in [0.05, 0.1) is 0 Å². The largest absolute Gasteiger partial charge is 0.483 e. The van der Waals surface area contributed by atoms with Gasteiger partial charge in [-0.05, 0) is 37.3 Å². The molecule has 0 bridgehead atoms. The molecule has 1 aromatic heterocycles. The Morgan fingerprint density at radius 3 is 2.65 bits per heavy atom. The number of aromatic carboxylic acids is 1. The maximum Gasteiger partial charge on any atom is 0.371 e. The van der Waals surface area contributed by atoms with E-state index in [0.717, 1.165) is 0 Å². The average Bonchev–Trinajstić information content (AvgIpc) is 2.88. The molecule has 1 atom stereocenters. The summed E-state index contributed by atoms with van der Waals surface area (Å²) in [5, 5.41) is 8.78. The van der Waals surface area contributed by atoms with Crippen molar-refractivity contribution in [3.63, 3.8) is 0 Å². The Balaban J connectivity index is 2.14. The first kappa shape index (κ1) is 13.7. The van der Waals surface area contributed by atoms with Crippen LogP contribution in [0.15, 0.2) is 40.8 Å². The first-order valence-corrected chi connectivity index (χ1v) is 5.87. The summed E-state index contributed by atoms with van der Waals surface area (Å²) in [6, 6.07) is 9.30. The monoisotopic (exact) mass is 275 g/mol. The molecule has 1 amide bonds. The van der Waals surface area contributed by atoms with Crippen LogP contribution in [0.2, 0.25) is 0 Å². The number of hydrogen-bond acceptors (Lipinski definition) is 4. The number of primary amides is 1. The normalized spacial score (nSPS) is 11.8. The molecule has 104 valence electrons. The van der Waals surface area contributed by atoms with E-state index in [1.54, 1.807) is 25.1 Å². The third-order valence-electron chi connectivity index (χ3n) is 2.67. The molecule has 6 nitrogen and oxygen atoms in total. The van der Waals surface area contributed by atoms with E-state index in [-0.39, 0.29) is 5.76 Å². The third-order valence-corrected chi connectivity index (χ3v) is 2.67. The van der Waals surface area contributed by atoms with Gasteiger partial charge >= 0.3 is 5.97 Å². The fourth-order valence-corrected chi connectivity index (χ4v) is 1.67. The van der Waals surface area contributed by atoms with Gasteiger partial charge in [-0.25, -0.2) is 4.79 Å². The van der Waals surface area contributed by atoms with Crippen LogP contribution in [0.25, 0.3) is 0 Å². The van der Waals surface area contributed by atoms with Crippen LogP contribution < -0.4 is 10.5 Å². The molecule has 20 heavy (non-hydrogen) atoms.